The first-order valence-electron chi connectivity index (χ1n) is 10.5. The van der Waals surface area contributed by atoms with Crippen molar-refractivity contribution in [3.8, 4) is 16.9 Å². The topological polar surface area (TPSA) is 87.1 Å². The van der Waals surface area contributed by atoms with Gasteiger partial charge in [0.15, 0.2) is 0 Å². The van der Waals surface area contributed by atoms with E-state index in [2.05, 4.69) is 53.4 Å². The number of carbonyl (C=O) groups is 2. The van der Waals surface area contributed by atoms with E-state index >= 15 is 0 Å². The van der Waals surface area contributed by atoms with E-state index in [1.165, 1.54) is 62.9 Å². The summed E-state index contributed by atoms with van der Waals surface area (Å²) >= 11 is 0. The van der Waals surface area contributed by atoms with Gasteiger partial charge < -0.3 is 19.8 Å². The number of benzene rings is 2. The van der Waals surface area contributed by atoms with Crippen molar-refractivity contribution in [2.24, 2.45) is 0 Å². The molecule has 0 radical (unpaired) electrons. The van der Waals surface area contributed by atoms with Crippen molar-refractivity contribution in [3.63, 3.8) is 0 Å². The first-order chi connectivity index (χ1) is 14.6. The first-order valence-corrected chi connectivity index (χ1v) is 10.5. The molecule has 0 aliphatic carbocycles. The van der Waals surface area contributed by atoms with Crippen LogP contribution in [-0.2, 0) is 9.59 Å². The van der Waals surface area contributed by atoms with E-state index in [0.29, 0.717) is 0 Å². The Labute approximate surface area is 178 Å². The Balaban J connectivity index is 0.000000469. The quantitative estimate of drug-likeness (QED) is 0.488. The summed E-state index contributed by atoms with van der Waals surface area (Å²) in [5.74, 6) is -2.67. The maximum Gasteiger partial charge on any atom is 0.414 e. The van der Waals surface area contributed by atoms with Crippen LogP contribution in [0.3, 0.4) is 0 Å². The number of rotatable bonds is 8. The van der Waals surface area contributed by atoms with Gasteiger partial charge in [0.05, 0.1) is 6.61 Å². The lowest BCUT2D eigenvalue weighted by atomic mass is 10.1. The van der Waals surface area contributed by atoms with Gasteiger partial charge in [-0.3, -0.25) is 0 Å². The molecule has 1 aliphatic heterocycles. The molecule has 6 heteroatoms. The lowest BCUT2D eigenvalue weighted by Crippen LogP contribution is -2.30. The van der Waals surface area contributed by atoms with E-state index < -0.39 is 11.9 Å². The monoisotopic (exact) mass is 413 g/mol. The average Bonchev–Trinajstić information content (AvgIpc) is 2.78. The van der Waals surface area contributed by atoms with Gasteiger partial charge in [0.25, 0.3) is 0 Å². The summed E-state index contributed by atoms with van der Waals surface area (Å²) in [6, 6.07) is 18.9. The number of likely N-dealkylation sites (tertiary alicyclic amines) is 1. The second kappa shape index (κ2) is 13.4. The van der Waals surface area contributed by atoms with Gasteiger partial charge in [0, 0.05) is 0 Å². The van der Waals surface area contributed by atoms with E-state index in [1.54, 1.807) is 0 Å². The van der Waals surface area contributed by atoms with Crippen molar-refractivity contribution in [2.45, 2.75) is 38.5 Å². The zero-order valence-corrected chi connectivity index (χ0v) is 17.3. The van der Waals surface area contributed by atoms with Crippen LogP contribution in [0, 0.1) is 0 Å². The zero-order valence-electron chi connectivity index (χ0n) is 17.3. The second-order valence-electron chi connectivity index (χ2n) is 7.31. The number of aliphatic carboxylic acids is 2. The molecule has 162 valence electrons. The molecule has 0 aromatic heterocycles. The second-order valence-corrected chi connectivity index (χ2v) is 7.31. The molecule has 2 aromatic carbocycles. The Kier molecular flexibility index (Phi) is 10.4. The van der Waals surface area contributed by atoms with Crippen molar-refractivity contribution < 1.29 is 24.5 Å². The van der Waals surface area contributed by atoms with Crippen molar-refractivity contribution in [1.82, 2.24) is 4.90 Å². The van der Waals surface area contributed by atoms with Crippen LogP contribution in [0.15, 0.2) is 54.6 Å². The maximum atomic E-state index is 9.10. The third-order valence-corrected chi connectivity index (χ3v) is 4.98. The summed E-state index contributed by atoms with van der Waals surface area (Å²) in [6.07, 6.45) is 7.92. The van der Waals surface area contributed by atoms with Crippen LogP contribution in [0.2, 0.25) is 0 Å². The molecule has 1 saturated heterocycles. The SMILES string of the molecule is O=C(O)C(=O)O.c1ccc(-c2ccc(OCCCCCN3CCCCC3)cc2)cc1. The van der Waals surface area contributed by atoms with Crippen molar-refractivity contribution in [2.75, 3.05) is 26.2 Å². The van der Waals surface area contributed by atoms with Gasteiger partial charge in [-0.2, -0.15) is 0 Å². The summed E-state index contributed by atoms with van der Waals surface area (Å²) in [4.78, 5) is 20.8. The van der Waals surface area contributed by atoms with Gasteiger partial charge in [0.2, 0.25) is 0 Å². The Hall–Kier alpha value is -2.86. The molecular formula is C24H31NO5. The first kappa shape index (κ1) is 23.4. The minimum absolute atomic E-state index is 0.824. The molecule has 2 N–H and O–H groups in total. The van der Waals surface area contributed by atoms with Crippen LogP contribution in [-0.4, -0.2) is 53.3 Å². The summed E-state index contributed by atoms with van der Waals surface area (Å²) in [6.45, 7) is 4.71. The normalized spacial score (nSPS) is 13.7. The number of carboxylic acids is 2. The molecule has 0 unspecified atom stereocenters. The highest BCUT2D eigenvalue weighted by molar-refractivity contribution is 6.27. The Morgan fingerprint density at radius 2 is 1.37 bits per heavy atom. The molecule has 0 spiro atoms. The lowest BCUT2D eigenvalue weighted by Gasteiger charge is -2.26. The highest BCUT2D eigenvalue weighted by atomic mass is 16.5. The van der Waals surface area contributed by atoms with E-state index in [1.807, 2.05) is 6.07 Å². The molecule has 1 fully saturated rings. The number of piperidine rings is 1. The third-order valence-electron chi connectivity index (χ3n) is 4.98. The third kappa shape index (κ3) is 9.09. The van der Waals surface area contributed by atoms with Gasteiger partial charge >= 0.3 is 11.9 Å². The number of hydrogen-bond acceptors (Lipinski definition) is 4. The summed E-state index contributed by atoms with van der Waals surface area (Å²) in [5, 5.41) is 14.8. The Morgan fingerprint density at radius 1 is 0.767 bits per heavy atom. The van der Waals surface area contributed by atoms with Crippen LogP contribution >= 0.6 is 0 Å². The standard InChI is InChI=1S/C22H29NO.C2H2O4/c1-4-10-20(11-5-1)21-12-14-22(15-13-21)24-19-9-3-8-18-23-16-6-2-7-17-23;3-1(4)2(5)6/h1,4-5,10-15H,2-3,6-9,16-19H2;(H,3,4)(H,5,6). The van der Waals surface area contributed by atoms with E-state index in [4.69, 9.17) is 24.5 Å². The van der Waals surface area contributed by atoms with Crippen LogP contribution in [0.5, 0.6) is 5.75 Å². The molecule has 2 aromatic rings. The fraction of sp³-hybridized carbons (Fsp3) is 0.417. The molecule has 0 bridgehead atoms. The molecule has 0 saturated carbocycles. The molecule has 1 heterocycles. The highest BCUT2D eigenvalue weighted by Gasteiger charge is 2.08. The van der Waals surface area contributed by atoms with E-state index in [0.717, 1.165) is 18.8 Å². The molecule has 1 aliphatic rings. The molecule has 0 amide bonds. The minimum Gasteiger partial charge on any atom is -0.494 e. The fourth-order valence-electron chi connectivity index (χ4n) is 3.36. The van der Waals surface area contributed by atoms with Crippen LogP contribution in [0.4, 0.5) is 0 Å². The van der Waals surface area contributed by atoms with Crippen LogP contribution in [0.1, 0.15) is 38.5 Å². The number of hydrogen-bond donors (Lipinski definition) is 2. The molecule has 30 heavy (non-hydrogen) atoms. The fourth-order valence-corrected chi connectivity index (χ4v) is 3.36. The zero-order chi connectivity index (χ0) is 21.6. The average molecular weight is 414 g/mol. The molecular weight excluding hydrogens is 382 g/mol. The largest absolute Gasteiger partial charge is 0.494 e. The number of unbranched alkanes of at least 4 members (excludes halogenated alkanes) is 2. The van der Waals surface area contributed by atoms with Gasteiger partial charge in [0.1, 0.15) is 5.75 Å². The summed E-state index contributed by atoms with van der Waals surface area (Å²) < 4.78 is 5.88. The Bertz CT molecular complexity index is 743. The molecule has 3 rings (SSSR count). The minimum atomic E-state index is -1.82. The van der Waals surface area contributed by atoms with Crippen LogP contribution < -0.4 is 4.74 Å². The predicted molar refractivity (Wildman–Crippen MR) is 117 cm³/mol. The van der Waals surface area contributed by atoms with Crippen molar-refractivity contribution >= 4 is 11.9 Å². The number of carboxylic acid groups (broad SMARTS) is 2. The van der Waals surface area contributed by atoms with Gasteiger partial charge in [-0.05, 0) is 75.0 Å². The molecule has 0 atom stereocenters. The van der Waals surface area contributed by atoms with Crippen molar-refractivity contribution in [1.29, 1.82) is 0 Å². The number of nitrogens with zero attached hydrogens (tertiary/aromatic N) is 1. The smallest absolute Gasteiger partial charge is 0.414 e. The van der Waals surface area contributed by atoms with E-state index in [-0.39, 0.29) is 0 Å². The van der Waals surface area contributed by atoms with Gasteiger partial charge in [-0.15, -0.1) is 0 Å². The highest BCUT2D eigenvalue weighted by Crippen LogP contribution is 2.22. The predicted octanol–water partition coefficient (Wildman–Crippen LogP) is 4.54. The van der Waals surface area contributed by atoms with Gasteiger partial charge in [-0.1, -0.05) is 48.9 Å². The van der Waals surface area contributed by atoms with Gasteiger partial charge in [-0.25, -0.2) is 9.59 Å². The number of ether oxygens (including phenoxy) is 1. The van der Waals surface area contributed by atoms with E-state index in [9.17, 15) is 0 Å². The maximum absolute atomic E-state index is 9.10. The summed E-state index contributed by atoms with van der Waals surface area (Å²) in [5.41, 5.74) is 2.49. The van der Waals surface area contributed by atoms with Crippen LogP contribution in [0.25, 0.3) is 11.1 Å². The summed E-state index contributed by atoms with van der Waals surface area (Å²) in [7, 11) is 0. The molecule has 6 nitrogen and oxygen atoms in total. The Morgan fingerprint density at radius 3 is 1.97 bits per heavy atom. The lowest BCUT2D eigenvalue weighted by molar-refractivity contribution is -0.159. The van der Waals surface area contributed by atoms with Crippen molar-refractivity contribution in [3.05, 3.63) is 54.6 Å².